The summed E-state index contributed by atoms with van der Waals surface area (Å²) in [5.41, 5.74) is 10.7. The molecule has 1 heterocycles. The minimum Gasteiger partial charge on any atom is -0.398 e. The monoisotopic (exact) mass is 348 g/mol. The molecule has 1 aliphatic rings. The van der Waals surface area contributed by atoms with E-state index in [1.54, 1.807) is 0 Å². The topological polar surface area (TPSA) is 29.3 Å². The van der Waals surface area contributed by atoms with Gasteiger partial charge in [-0.15, -0.1) is 0 Å². The summed E-state index contributed by atoms with van der Waals surface area (Å²) in [5, 5.41) is 0. The second-order valence-corrected chi connectivity index (χ2v) is 6.40. The summed E-state index contributed by atoms with van der Waals surface area (Å²) in [6, 6.07) is 11.2. The summed E-state index contributed by atoms with van der Waals surface area (Å²) in [6.45, 7) is 3.98. The lowest BCUT2D eigenvalue weighted by molar-refractivity contribution is 0.192. The van der Waals surface area contributed by atoms with E-state index in [-0.39, 0.29) is 11.9 Å². The number of hydrogen-bond donors (Lipinski definition) is 1. The van der Waals surface area contributed by atoms with E-state index >= 15 is 0 Å². The van der Waals surface area contributed by atoms with Crippen LogP contribution in [-0.2, 0) is 13.0 Å². The molecule has 1 atom stereocenters. The minimum absolute atomic E-state index is 0.215. The molecule has 2 N–H and O–H groups in total. The Morgan fingerprint density at radius 3 is 2.86 bits per heavy atom. The zero-order valence-corrected chi connectivity index (χ0v) is 13.5. The number of anilines is 1. The van der Waals surface area contributed by atoms with Crippen LogP contribution in [0.15, 0.2) is 40.9 Å². The van der Waals surface area contributed by atoms with E-state index in [4.69, 9.17) is 5.73 Å². The molecular weight excluding hydrogens is 331 g/mol. The maximum absolute atomic E-state index is 13.2. The third kappa shape index (κ3) is 2.83. The third-order valence-corrected chi connectivity index (χ3v) is 4.99. The zero-order chi connectivity index (χ0) is 15.0. The van der Waals surface area contributed by atoms with Crippen molar-refractivity contribution in [3.8, 4) is 0 Å². The van der Waals surface area contributed by atoms with Crippen molar-refractivity contribution in [2.24, 2.45) is 0 Å². The molecule has 0 bridgehead atoms. The van der Waals surface area contributed by atoms with Crippen molar-refractivity contribution in [1.29, 1.82) is 0 Å². The van der Waals surface area contributed by atoms with E-state index < -0.39 is 0 Å². The van der Waals surface area contributed by atoms with Crippen molar-refractivity contribution in [3.05, 3.63) is 63.4 Å². The van der Waals surface area contributed by atoms with Crippen molar-refractivity contribution in [2.45, 2.75) is 25.9 Å². The first kappa shape index (κ1) is 14.5. The highest BCUT2D eigenvalue weighted by atomic mass is 79.9. The zero-order valence-electron chi connectivity index (χ0n) is 11.9. The normalized spacial score (nSPS) is 16.5. The largest absolute Gasteiger partial charge is 0.398 e. The third-order valence-electron chi connectivity index (χ3n) is 4.30. The van der Waals surface area contributed by atoms with Crippen molar-refractivity contribution >= 4 is 21.6 Å². The molecule has 1 unspecified atom stereocenters. The summed E-state index contributed by atoms with van der Waals surface area (Å²) in [6.07, 6.45) is 1.00. The van der Waals surface area contributed by atoms with E-state index in [1.165, 1.54) is 23.3 Å². The van der Waals surface area contributed by atoms with Crippen LogP contribution in [0.2, 0.25) is 0 Å². The highest BCUT2D eigenvalue weighted by Crippen LogP contribution is 2.33. The molecule has 0 saturated carbocycles. The predicted octanol–water partition coefficient (Wildman–Crippen LogP) is 4.29. The average Bonchev–Trinajstić information content (AvgIpc) is 2.47. The molecule has 2 aromatic carbocycles. The van der Waals surface area contributed by atoms with E-state index in [0.29, 0.717) is 0 Å². The van der Waals surface area contributed by atoms with Crippen LogP contribution in [0.25, 0.3) is 0 Å². The highest BCUT2D eigenvalue weighted by Gasteiger charge is 2.24. The van der Waals surface area contributed by atoms with Crippen LogP contribution in [0.1, 0.15) is 29.7 Å². The summed E-state index contributed by atoms with van der Waals surface area (Å²) in [5.74, 6) is -0.217. The molecule has 2 aromatic rings. The van der Waals surface area contributed by atoms with Gasteiger partial charge >= 0.3 is 0 Å². The van der Waals surface area contributed by atoms with Crippen LogP contribution in [0.3, 0.4) is 0 Å². The average molecular weight is 349 g/mol. The Bertz CT molecular complexity index is 672. The molecule has 0 aromatic heterocycles. The van der Waals surface area contributed by atoms with Crippen molar-refractivity contribution in [2.75, 3.05) is 12.3 Å². The van der Waals surface area contributed by atoms with Gasteiger partial charge in [0.2, 0.25) is 0 Å². The lowest BCUT2D eigenvalue weighted by Gasteiger charge is -2.35. The maximum atomic E-state index is 13.2. The smallest absolute Gasteiger partial charge is 0.124 e. The highest BCUT2D eigenvalue weighted by molar-refractivity contribution is 9.10. The van der Waals surface area contributed by atoms with E-state index in [9.17, 15) is 4.39 Å². The second-order valence-electron chi connectivity index (χ2n) is 5.55. The van der Waals surface area contributed by atoms with Gasteiger partial charge in [-0.1, -0.05) is 34.1 Å². The molecule has 0 fully saturated rings. The molecule has 3 rings (SSSR count). The standard InChI is InChI=1S/C17H18BrFN2/c1-11(14-6-5-13(19)9-16(14)18)21-8-7-12-3-2-4-17(20)15(12)10-21/h2-6,9,11H,7-8,10,20H2,1H3. The Kier molecular flexibility index (Phi) is 4.00. The number of fused-ring (bicyclic) bond motifs is 1. The molecule has 21 heavy (non-hydrogen) atoms. The summed E-state index contributed by atoms with van der Waals surface area (Å²) >= 11 is 3.47. The molecule has 110 valence electrons. The maximum Gasteiger partial charge on any atom is 0.124 e. The summed E-state index contributed by atoms with van der Waals surface area (Å²) in [4.78, 5) is 2.39. The van der Waals surface area contributed by atoms with Crippen LogP contribution < -0.4 is 5.73 Å². The second kappa shape index (κ2) is 5.78. The van der Waals surface area contributed by atoms with Crippen LogP contribution in [0, 0.1) is 5.82 Å². The first-order valence-electron chi connectivity index (χ1n) is 7.11. The predicted molar refractivity (Wildman–Crippen MR) is 87.5 cm³/mol. The van der Waals surface area contributed by atoms with Crippen LogP contribution in [-0.4, -0.2) is 11.4 Å². The van der Waals surface area contributed by atoms with Gasteiger partial charge in [-0.3, -0.25) is 4.90 Å². The van der Waals surface area contributed by atoms with Crippen LogP contribution in [0.5, 0.6) is 0 Å². The lowest BCUT2D eigenvalue weighted by atomic mass is 9.95. The molecular formula is C17H18BrFN2. The van der Waals surface area contributed by atoms with Crippen molar-refractivity contribution in [1.82, 2.24) is 4.90 Å². The van der Waals surface area contributed by atoms with Gasteiger partial charge in [0, 0.05) is 29.3 Å². The summed E-state index contributed by atoms with van der Waals surface area (Å²) < 4.78 is 14.1. The number of hydrogen-bond acceptors (Lipinski definition) is 2. The van der Waals surface area contributed by atoms with Gasteiger partial charge in [-0.2, -0.15) is 0 Å². The number of nitrogens with zero attached hydrogens (tertiary/aromatic N) is 1. The molecule has 0 saturated heterocycles. The molecule has 1 aliphatic heterocycles. The van der Waals surface area contributed by atoms with Gasteiger partial charge < -0.3 is 5.73 Å². The molecule has 4 heteroatoms. The van der Waals surface area contributed by atoms with Gasteiger partial charge in [0.25, 0.3) is 0 Å². The van der Waals surface area contributed by atoms with Gasteiger partial charge in [-0.25, -0.2) is 4.39 Å². The minimum atomic E-state index is -0.217. The Labute approximate surface area is 132 Å². The van der Waals surface area contributed by atoms with E-state index in [0.717, 1.165) is 35.2 Å². The Morgan fingerprint density at radius 1 is 1.29 bits per heavy atom. The molecule has 0 aliphatic carbocycles. The van der Waals surface area contributed by atoms with Crippen molar-refractivity contribution < 1.29 is 4.39 Å². The molecule has 0 amide bonds. The van der Waals surface area contributed by atoms with Gasteiger partial charge in [0.05, 0.1) is 0 Å². The van der Waals surface area contributed by atoms with Gasteiger partial charge in [-0.05, 0) is 48.2 Å². The molecule has 0 spiro atoms. The number of benzene rings is 2. The SMILES string of the molecule is CC(c1ccc(F)cc1Br)N1CCc2cccc(N)c2C1. The number of nitrogens with two attached hydrogens (primary N) is 1. The first-order chi connectivity index (χ1) is 10.1. The van der Waals surface area contributed by atoms with Gasteiger partial charge in [0.15, 0.2) is 0 Å². The van der Waals surface area contributed by atoms with Gasteiger partial charge in [0.1, 0.15) is 5.82 Å². The fourth-order valence-corrected chi connectivity index (χ4v) is 3.68. The van der Waals surface area contributed by atoms with Crippen molar-refractivity contribution in [3.63, 3.8) is 0 Å². The summed E-state index contributed by atoms with van der Waals surface area (Å²) in [7, 11) is 0. The quantitative estimate of drug-likeness (QED) is 0.820. The number of nitrogen functional groups attached to an aromatic ring is 1. The molecule has 0 radical (unpaired) electrons. The number of rotatable bonds is 2. The Balaban J connectivity index is 1.87. The van der Waals surface area contributed by atoms with E-state index in [1.807, 2.05) is 18.2 Å². The Morgan fingerprint density at radius 2 is 2.10 bits per heavy atom. The Hall–Kier alpha value is -1.39. The fourth-order valence-electron chi connectivity index (χ4n) is 3.00. The van der Waals surface area contributed by atoms with Crippen LogP contribution >= 0.6 is 15.9 Å². The first-order valence-corrected chi connectivity index (χ1v) is 7.91. The van der Waals surface area contributed by atoms with Crippen LogP contribution in [0.4, 0.5) is 10.1 Å². The number of halogens is 2. The van der Waals surface area contributed by atoms with E-state index in [2.05, 4.69) is 33.8 Å². The molecule has 2 nitrogen and oxygen atoms in total. The fraction of sp³-hybridized carbons (Fsp3) is 0.294. The lowest BCUT2D eigenvalue weighted by Crippen LogP contribution is -2.33.